The number of carbonyl (C=O) groups is 2. The molecule has 2 aromatic rings. The van der Waals surface area contributed by atoms with Gasteiger partial charge in [0.25, 0.3) is 5.91 Å². The number of thioether (sulfide) groups is 1. The molecule has 7 nitrogen and oxygen atoms in total. The Labute approximate surface area is 143 Å². The van der Waals surface area contributed by atoms with Gasteiger partial charge in [0, 0.05) is 13.0 Å². The van der Waals surface area contributed by atoms with Gasteiger partial charge in [0.2, 0.25) is 5.91 Å². The highest BCUT2D eigenvalue weighted by molar-refractivity contribution is 7.99. The molecule has 1 N–H and O–H groups in total. The van der Waals surface area contributed by atoms with Crippen LogP contribution in [0.2, 0.25) is 0 Å². The Hall–Kier alpha value is -2.35. The van der Waals surface area contributed by atoms with Crippen LogP contribution in [0.5, 0.6) is 5.75 Å². The van der Waals surface area contributed by atoms with Crippen molar-refractivity contribution >= 4 is 23.6 Å². The van der Waals surface area contributed by atoms with Crippen molar-refractivity contribution < 1.29 is 14.3 Å². The number of nitrogens with zero attached hydrogens (tertiary/aromatic N) is 3. The van der Waals surface area contributed by atoms with Crippen LogP contribution in [0.3, 0.4) is 0 Å². The first-order valence-electron chi connectivity index (χ1n) is 7.59. The highest BCUT2D eigenvalue weighted by Gasteiger charge is 2.29. The summed E-state index contributed by atoms with van der Waals surface area (Å²) in [5.41, 5.74) is 0.327. The van der Waals surface area contributed by atoms with Crippen molar-refractivity contribution in [3.05, 3.63) is 35.7 Å². The van der Waals surface area contributed by atoms with Crippen molar-refractivity contribution in [3.63, 3.8) is 0 Å². The predicted octanol–water partition coefficient (Wildman–Crippen LogP) is 1.75. The van der Waals surface area contributed by atoms with Crippen LogP contribution in [0.4, 0.5) is 0 Å². The first-order chi connectivity index (χ1) is 11.6. The third-order valence-electron chi connectivity index (χ3n) is 3.75. The number of nitrogens with one attached hydrogen (secondary N) is 1. The summed E-state index contributed by atoms with van der Waals surface area (Å²) in [5.74, 6) is 1.12. The van der Waals surface area contributed by atoms with E-state index >= 15 is 0 Å². The predicted molar refractivity (Wildman–Crippen MR) is 89.2 cm³/mol. The van der Waals surface area contributed by atoms with Crippen molar-refractivity contribution in [3.8, 4) is 5.75 Å². The summed E-state index contributed by atoms with van der Waals surface area (Å²) >= 11 is 1.26. The molecule has 0 aliphatic heterocycles. The zero-order valence-corrected chi connectivity index (χ0v) is 14.3. The molecule has 1 aromatic heterocycles. The summed E-state index contributed by atoms with van der Waals surface area (Å²) in [6, 6.07) is 6.76. The van der Waals surface area contributed by atoms with E-state index in [2.05, 4.69) is 15.5 Å². The van der Waals surface area contributed by atoms with Gasteiger partial charge in [-0.3, -0.25) is 14.9 Å². The molecule has 8 heteroatoms. The van der Waals surface area contributed by atoms with Gasteiger partial charge in [-0.15, -0.1) is 10.2 Å². The molecule has 0 bridgehead atoms. The quantitative estimate of drug-likeness (QED) is 0.802. The van der Waals surface area contributed by atoms with Gasteiger partial charge in [-0.05, 0) is 25.0 Å². The molecule has 1 heterocycles. The van der Waals surface area contributed by atoms with Crippen LogP contribution < -0.4 is 10.1 Å². The number of amides is 2. The Morgan fingerprint density at radius 1 is 1.33 bits per heavy atom. The van der Waals surface area contributed by atoms with E-state index in [1.165, 1.54) is 18.9 Å². The standard InChI is InChI=1S/C16H18N4O3S/c1-20-14(10-7-8-10)18-19-16(20)24-9-13(21)17-15(22)11-5-3-4-6-12(11)23-2/h3-6,10H,7-9H2,1-2H3,(H,17,21,22). The minimum absolute atomic E-state index is 0.0948. The van der Waals surface area contributed by atoms with Crippen LogP contribution in [0.1, 0.15) is 34.9 Å². The lowest BCUT2D eigenvalue weighted by Crippen LogP contribution is -2.32. The lowest BCUT2D eigenvalue weighted by atomic mass is 10.2. The molecule has 1 aliphatic carbocycles. The van der Waals surface area contributed by atoms with Gasteiger partial charge in [0.1, 0.15) is 11.6 Å². The van der Waals surface area contributed by atoms with Crippen molar-refractivity contribution in [1.82, 2.24) is 20.1 Å². The largest absolute Gasteiger partial charge is 0.496 e. The molecule has 3 rings (SSSR count). The molecule has 0 spiro atoms. The molecule has 1 saturated carbocycles. The number of rotatable bonds is 6. The maximum absolute atomic E-state index is 12.2. The smallest absolute Gasteiger partial charge is 0.261 e. The van der Waals surface area contributed by atoms with Gasteiger partial charge < -0.3 is 9.30 Å². The summed E-state index contributed by atoms with van der Waals surface area (Å²) in [4.78, 5) is 24.2. The number of methoxy groups -OCH3 is 1. The van der Waals surface area contributed by atoms with E-state index in [0.717, 1.165) is 18.7 Å². The average Bonchev–Trinajstić information content (AvgIpc) is 3.36. The SMILES string of the molecule is COc1ccccc1C(=O)NC(=O)CSc1nnc(C2CC2)n1C. The number of hydrogen-bond acceptors (Lipinski definition) is 6. The van der Waals surface area contributed by atoms with Gasteiger partial charge in [-0.25, -0.2) is 0 Å². The molecule has 1 fully saturated rings. The Morgan fingerprint density at radius 3 is 2.79 bits per heavy atom. The number of aromatic nitrogens is 3. The second-order valence-corrected chi connectivity index (χ2v) is 6.48. The average molecular weight is 346 g/mol. The van der Waals surface area contributed by atoms with E-state index in [1.807, 2.05) is 11.6 Å². The first kappa shape index (κ1) is 16.5. The van der Waals surface area contributed by atoms with E-state index in [0.29, 0.717) is 22.4 Å². The van der Waals surface area contributed by atoms with Crippen molar-refractivity contribution in [1.29, 1.82) is 0 Å². The molecule has 126 valence electrons. The number of hydrogen-bond donors (Lipinski definition) is 1. The lowest BCUT2D eigenvalue weighted by Gasteiger charge is -2.08. The number of para-hydroxylation sites is 1. The number of carbonyl (C=O) groups excluding carboxylic acids is 2. The molecule has 1 aliphatic rings. The highest BCUT2D eigenvalue weighted by Crippen LogP contribution is 2.39. The van der Waals surface area contributed by atoms with Crippen molar-refractivity contribution in [2.45, 2.75) is 23.9 Å². The topological polar surface area (TPSA) is 86.1 Å². The maximum Gasteiger partial charge on any atom is 0.261 e. The fourth-order valence-corrected chi connectivity index (χ4v) is 3.06. The fraction of sp³-hybridized carbons (Fsp3) is 0.375. The Kier molecular flexibility index (Phi) is 4.84. The maximum atomic E-state index is 12.2. The Morgan fingerprint density at radius 2 is 2.08 bits per heavy atom. The van der Waals surface area contributed by atoms with Crippen LogP contribution in [0.25, 0.3) is 0 Å². The van der Waals surface area contributed by atoms with Crippen LogP contribution in [-0.4, -0.2) is 39.4 Å². The molecule has 0 unspecified atom stereocenters. The highest BCUT2D eigenvalue weighted by atomic mass is 32.2. The van der Waals surface area contributed by atoms with Gasteiger partial charge in [-0.2, -0.15) is 0 Å². The van der Waals surface area contributed by atoms with E-state index < -0.39 is 5.91 Å². The van der Waals surface area contributed by atoms with E-state index in [-0.39, 0.29) is 11.7 Å². The molecule has 2 amide bonds. The molecule has 0 radical (unpaired) electrons. The van der Waals surface area contributed by atoms with Gasteiger partial charge in [0.05, 0.1) is 18.4 Å². The molecule has 1 aromatic carbocycles. The first-order valence-corrected chi connectivity index (χ1v) is 8.58. The fourth-order valence-electron chi connectivity index (χ4n) is 2.34. The van der Waals surface area contributed by atoms with E-state index in [4.69, 9.17) is 4.74 Å². The van der Waals surface area contributed by atoms with Crippen molar-refractivity contribution in [2.75, 3.05) is 12.9 Å². The van der Waals surface area contributed by atoms with E-state index in [9.17, 15) is 9.59 Å². The van der Waals surface area contributed by atoms with Crippen LogP contribution in [0.15, 0.2) is 29.4 Å². The zero-order chi connectivity index (χ0) is 17.1. The summed E-state index contributed by atoms with van der Waals surface area (Å²) in [7, 11) is 3.38. The van der Waals surface area contributed by atoms with Crippen LogP contribution >= 0.6 is 11.8 Å². The molecule has 24 heavy (non-hydrogen) atoms. The number of ether oxygens (including phenoxy) is 1. The molecular weight excluding hydrogens is 328 g/mol. The van der Waals surface area contributed by atoms with Gasteiger partial charge >= 0.3 is 0 Å². The van der Waals surface area contributed by atoms with Gasteiger partial charge in [-0.1, -0.05) is 23.9 Å². The zero-order valence-electron chi connectivity index (χ0n) is 13.5. The summed E-state index contributed by atoms with van der Waals surface area (Å²) in [5, 5.41) is 11.3. The minimum atomic E-state index is -0.477. The second-order valence-electron chi connectivity index (χ2n) is 5.54. The number of benzene rings is 1. The lowest BCUT2D eigenvalue weighted by molar-refractivity contribution is -0.117. The minimum Gasteiger partial charge on any atom is -0.496 e. The van der Waals surface area contributed by atoms with E-state index in [1.54, 1.807) is 24.3 Å². The normalized spacial score (nSPS) is 13.6. The molecular formula is C16H18N4O3S. The summed E-state index contributed by atoms with van der Waals surface area (Å²) in [6.07, 6.45) is 2.29. The second kappa shape index (κ2) is 7.04. The third-order valence-corrected chi connectivity index (χ3v) is 4.77. The monoisotopic (exact) mass is 346 g/mol. The van der Waals surface area contributed by atoms with Crippen LogP contribution in [0, 0.1) is 0 Å². The van der Waals surface area contributed by atoms with Crippen molar-refractivity contribution in [2.24, 2.45) is 7.05 Å². The Bertz CT molecular complexity index is 770. The van der Waals surface area contributed by atoms with Gasteiger partial charge in [0.15, 0.2) is 5.16 Å². The molecule has 0 atom stereocenters. The summed E-state index contributed by atoms with van der Waals surface area (Å²) in [6.45, 7) is 0. The third kappa shape index (κ3) is 3.59. The number of imide groups is 1. The van der Waals surface area contributed by atoms with Crippen LogP contribution in [-0.2, 0) is 11.8 Å². The Balaban J connectivity index is 1.56. The summed E-state index contributed by atoms with van der Waals surface area (Å²) < 4.78 is 7.04. The molecule has 0 saturated heterocycles.